The maximum Gasteiger partial charge on any atom is 0.311 e. The Morgan fingerprint density at radius 2 is 2.10 bits per heavy atom. The smallest absolute Gasteiger partial charge is 0.311 e. The molecule has 1 aromatic rings. The minimum atomic E-state index is -0.828. The molecule has 1 aliphatic carbocycles. The number of carbonyl (C=O) groups is 2. The van der Waals surface area contributed by atoms with Crippen LogP contribution in [0.2, 0.25) is 0 Å². The van der Waals surface area contributed by atoms with Gasteiger partial charge in [0.05, 0.1) is 12.5 Å². The van der Waals surface area contributed by atoms with Gasteiger partial charge in [0, 0.05) is 12.1 Å². The molecule has 108 valence electrons. The van der Waals surface area contributed by atoms with Crippen LogP contribution in [-0.4, -0.2) is 30.6 Å². The van der Waals surface area contributed by atoms with Crippen molar-refractivity contribution in [2.75, 3.05) is 13.7 Å². The Balaban J connectivity index is 2.03. The van der Waals surface area contributed by atoms with Gasteiger partial charge in [-0.3, -0.25) is 9.59 Å². The van der Waals surface area contributed by atoms with E-state index in [1.54, 1.807) is 19.2 Å². The molecule has 0 aliphatic heterocycles. The van der Waals surface area contributed by atoms with Gasteiger partial charge in [-0.1, -0.05) is 12.5 Å². The van der Waals surface area contributed by atoms with E-state index in [1.807, 2.05) is 13.0 Å². The zero-order valence-corrected chi connectivity index (χ0v) is 11.7. The van der Waals surface area contributed by atoms with Crippen LogP contribution in [0.1, 0.15) is 35.2 Å². The van der Waals surface area contributed by atoms with Crippen molar-refractivity contribution in [2.24, 2.45) is 5.41 Å². The molecule has 5 nitrogen and oxygen atoms in total. The SMILES string of the molecule is COc1cc(C(=O)NCC2(C(=O)O)CCC2)ccc1C. The summed E-state index contributed by atoms with van der Waals surface area (Å²) in [5.74, 6) is -0.449. The zero-order chi connectivity index (χ0) is 14.8. The van der Waals surface area contributed by atoms with Gasteiger partial charge >= 0.3 is 5.97 Å². The minimum Gasteiger partial charge on any atom is -0.496 e. The summed E-state index contributed by atoms with van der Waals surface area (Å²) < 4.78 is 5.18. The lowest BCUT2D eigenvalue weighted by Gasteiger charge is -2.37. The molecule has 2 N–H and O–H groups in total. The number of hydrogen-bond donors (Lipinski definition) is 2. The molecule has 1 aromatic carbocycles. The summed E-state index contributed by atoms with van der Waals surface area (Å²) in [6, 6.07) is 5.18. The number of rotatable bonds is 5. The predicted molar refractivity (Wildman–Crippen MR) is 74.0 cm³/mol. The lowest BCUT2D eigenvalue weighted by atomic mass is 9.69. The van der Waals surface area contributed by atoms with Crippen molar-refractivity contribution in [3.8, 4) is 5.75 Å². The van der Waals surface area contributed by atoms with Crippen molar-refractivity contribution in [3.05, 3.63) is 29.3 Å². The van der Waals surface area contributed by atoms with Crippen LogP contribution in [0.3, 0.4) is 0 Å². The van der Waals surface area contributed by atoms with E-state index >= 15 is 0 Å². The Labute approximate surface area is 117 Å². The zero-order valence-electron chi connectivity index (χ0n) is 11.7. The van der Waals surface area contributed by atoms with E-state index in [9.17, 15) is 14.7 Å². The topological polar surface area (TPSA) is 75.6 Å². The number of benzene rings is 1. The summed E-state index contributed by atoms with van der Waals surface area (Å²) in [5, 5.41) is 11.9. The highest BCUT2D eigenvalue weighted by molar-refractivity contribution is 5.95. The van der Waals surface area contributed by atoms with Gasteiger partial charge in [-0.15, -0.1) is 0 Å². The van der Waals surface area contributed by atoms with E-state index in [1.165, 1.54) is 0 Å². The molecule has 0 heterocycles. The van der Waals surface area contributed by atoms with Gasteiger partial charge < -0.3 is 15.2 Å². The average molecular weight is 277 g/mol. The van der Waals surface area contributed by atoms with Crippen LogP contribution in [-0.2, 0) is 4.79 Å². The van der Waals surface area contributed by atoms with Crippen LogP contribution < -0.4 is 10.1 Å². The second-order valence-corrected chi connectivity index (χ2v) is 5.31. The average Bonchev–Trinajstić information content (AvgIpc) is 2.37. The molecule has 1 amide bonds. The number of carboxylic acid groups (broad SMARTS) is 1. The molecule has 5 heteroatoms. The number of hydrogen-bond acceptors (Lipinski definition) is 3. The van der Waals surface area contributed by atoms with E-state index in [0.717, 1.165) is 12.0 Å². The first-order valence-corrected chi connectivity index (χ1v) is 6.65. The lowest BCUT2D eigenvalue weighted by molar-refractivity contribution is -0.153. The highest BCUT2D eigenvalue weighted by Gasteiger charge is 2.44. The van der Waals surface area contributed by atoms with Crippen molar-refractivity contribution in [3.63, 3.8) is 0 Å². The summed E-state index contributed by atoms with van der Waals surface area (Å²) in [7, 11) is 1.55. The molecule has 0 atom stereocenters. The number of carboxylic acids is 1. The number of nitrogens with one attached hydrogen (secondary N) is 1. The Morgan fingerprint density at radius 3 is 2.60 bits per heavy atom. The molecule has 0 radical (unpaired) electrons. The predicted octanol–water partition coefficient (Wildman–Crippen LogP) is 1.99. The fourth-order valence-corrected chi connectivity index (χ4v) is 2.38. The summed E-state index contributed by atoms with van der Waals surface area (Å²) >= 11 is 0. The fraction of sp³-hybridized carbons (Fsp3) is 0.467. The first kappa shape index (κ1) is 14.4. The molecule has 0 bridgehead atoms. The lowest BCUT2D eigenvalue weighted by Crippen LogP contribution is -2.47. The Morgan fingerprint density at radius 1 is 1.40 bits per heavy atom. The van der Waals surface area contributed by atoms with E-state index < -0.39 is 11.4 Å². The Kier molecular flexibility index (Phi) is 3.97. The maximum atomic E-state index is 12.1. The second-order valence-electron chi connectivity index (χ2n) is 5.31. The van der Waals surface area contributed by atoms with Crippen LogP contribution in [0.5, 0.6) is 5.75 Å². The van der Waals surface area contributed by atoms with Crippen LogP contribution >= 0.6 is 0 Å². The highest BCUT2D eigenvalue weighted by atomic mass is 16.5. The fourth-order valence-electron chi connectivity index (χ4n) is 2.38. The van der Waals surface area contributed by atoms with Crippen LogP contribution in [0.25, 0.3) is 0 Å². The molecule has 20 heavy (non-hydrogen) atoms. The van der Waals surface area contributed by atoms with Gasteiger partial charge in [-0.05, 0) is 37.5 Å². The standard InChI is InChI=1S/C15H19NO4/c1-10-4-5-11(8-12(10)20-2)13(17)16-9-15(14(18)19)6-3-7-15/h4-5,8H,3,6-7,9H2,1-2H3,(H,16,17)(H,18,19). The summed E-state index contributed by atoms with van der Waals surface area (Å²) in [6.07, 6.45) is 2.15. The quantitative estimate of drug-likeness (QED) is 0.863. The molecule has 1 aliphatic rings. The molecular formula is C15H19NO4. The van der Waals surface area contributed by atoms with Crippen LogP contribution in [0.15, 0.2) is 18.2 Å². The Hall–Kier alpha value is -2.04. The van der Waals surface area contributed by atoms with Gasteiger partial charge in [0.15, 0.2) is 0 Å². The normalized spacial score (nSPS) is 16.1. The van der Waals surface area contributed by atoms with Crippen molar-refractivity contribution >= 4 is 11.9 Å². The van der Waals surface area contributed by atoms with Gasteiger partial charge in [-0.25, -0.2) is 0 Å². The number of amides is 1. The van der Waals surface area contributed by atoms with Crippen molar-refractivity contribution in [1.29, 1.82) is 0 Å². The summed E-state index contributed by atoms with van der Waals surface area (Å²) in [5.41, 5.74) is 0.655. The summed E-state index contributed by atoms with van der Waals surface area (Å²) in [6.45, 7) is 2.08. The monoisotopic (exact) mass is 277 g/mol. The third kappa shape index (κ3) is 2.61. The second kappa shape index (κ2) is 5.53. The molecule has 0 saturated heterocycles. The van der Waals surface area contributed by atoms with Gasteiger partial charge in [0.25, 0.3) is 5.91 Å². The van der Waals surface area contributed by atoms with Crippen LogP contribution in [0, 0.1) is 12.3 Å². The van der Waals surface area contributed by atoms with Gasteiger partial charge in [-0.2, -0.15) is 0 Å². The molecule has 0 aromatic heterocycles. The molecular weight excluding hydrogens is 258 g/mol. The van der Waals surface area contributed by atoms with Crippen molar-refractivity contribution in [1.82, 2.24) is 5.32 Å². The molecule has 1 saturated carbocycles. The van der Waals surface area contributed by atoms with Crippen molar-refractivity contribution in [2.45, 2.75) is 26.2 Å². The molecule has 0 spiro atoms. The van der Waals surface area contributed by atoms with Gasteiger partial charge in [0.1, 0.15) is 5.75 Å². The number of aliphatic carboxylic acids is 1. The van der Waals surface area contributed by atoms with E-state index in [-0.39, 0.29) is 12.5 Å². The van der Waals surface area contributed by atoms with Crippen molar-refractivity contribution < 1.29 is 19.4 Å². The molecule has 2 rings (SSSR count). The first-order chi connectivity index (χ1) is 9.48. The molecule has 0 unspecified atom stereocenters. The van der Waals surface area contributed by atoms with Gasteiger partial charge in [0.2, 0.25) is 0 Å². The summed E-state index contributed by atoms with van der Waals surface area (Å²) in [4.78, 5) is 23.3. The number of carbonyl (C=O) groups excluding carboxylic acids is 1. The number of aryl methyl sites for hydroxylation is 1. The highest BCUT2D eigenvalue weighted by Crippen LogP contribution is 2.40. The maximum absolute atomic E-state index is 12.1. The third-order valence-corrected chi connectivity index (χ3v) is 4.02. The largest absolute Gasteiger partial charge is 0.496 e. The van der Waals surface area contributed by atoms with E-state index in [0.29, 0.717) is 24.2 Å². The minimum absolute atomic E-state index is 0.178. The number of ether oxygens (including phenoxy) is 1. The molecule has 1 fully saturated rings. The Bertz CT molecular complexity index is 535. The van der Waals surface area contributed by atoms with E-state index in [4.69, 9.17) is 4.74 Å². The number of methoxy groups -OCH3 is 1. The first-order valence-electron chi connectivity index (χ1n) is 6.65. The van der Waals surface area contributed by atoms with E-state index in [2.05, 4.69) is 5.32 Å². The third-order valence-electron chi connectivity index (χ3n) is 4.02. The van der Waals surface area contributed by atoms with Crippen LogP contribution in [0.4, 0.5) is 0 Å².